The minimum Gasteiger partial charge on any atom is -0.491 e. The molecule has 0 aliphatic rings. The standard InChI is InChI=1S/C15H24BrNO2/c1-3-4-7-17-8-9-18-10-11-19-15-6-5-14(16)12-13(15)2/h5-6,12,17H,3-4,7-11H2,1-2H3/p+1. The Hall–Kier alpha value is -0.580. The molecular weight excluding hydrogens is 306 g/mol. The van der Waals surface area contributed by atoms with Crippen molar-refractivity contribution in [2.75, 3.05) is 32.9 Å². The lowest BCUT2D eigenvalue weighted by molar-refractivity contribution is -0.656. The van der Waals surface area contributed by atoms with Crippen LogP contribution in [0.1, 0.15) is 25.3 Å². The Labute approximate surface area is 124 Å². The van der Waals surface area contributed by atoms with Gasteiger partial charge in [0.25, 0.3) is 0 Å². The molecule has 0 unspecified atom stereocenters. The van der Waals surface area contributed by atoms with Crippen molar-refractivity contribution in [3.8, 4) is 5.75 Å². The van der Waals surface area contributed by atoms with E-state index in [2.05, 4.69) is 34.2 Å². The van der Waals surface area contributed by atoms with Crippen LogP contribution in [0.3, 0.4) is 0 Å². The zero-order valence-electron chi connectivity index (χ0n) is 12.0. The molecule has 1 aromatic carbocycles. The topological polar surface area (TPSA) is 35.1 Å². The van der Waals surface area contributed by atoms with E-state index >= 15 is 0 Å². The van der Waals surface area contributed by atoms with Gasteiger partial charge in [-0.15, -0.1) is 0 Å². The van der Waals surface area contributed by atoms with Crippen LogP contribution in [0.4, 0.5) is 0 Å². The summed E-state index contributed by atoms with van der Waals surface area (Å²) in [4.78, 5) is 0. The van der Waals surface area contributed by atoms with Gasteiger partial charge in [-0.05, 0) is 37.1 Å². The van der Waals surface area contributed by atoms with E-state index < -0.39 is 0 Å². The van der Waals surface area contributed by atoms with E-state index in [9.17, 15) is 0 Å². The van der Waals surface area contributed by atoms with Gasteiger partial charge in [0.05, 0.1) is 26.3 Å². The first-order valence-corrected chi connectivity index (χ1v) is 7.81. The zero-order valence-corrected chi connectivity index (χ0v) is 13.5. The number of unbranched alkanes of at least 4 members (excludes halogenated alkanes) is 1. The van der Waals surface area contributed by atoms with Crippen LogP contribution < -0.4 is 10.1 Å². The Balaban J connectivity index is 2.01. The van der Waals surface area contributed by atoms with Crippen molar-refractivity contribution in [2.45, 2.75) is 26.7 Å². The number of aryl methyl sites for hydroxylation is 1. The number of rotatable bonds is 10. The van der Waals surface area contributed by atoms with Gasteiger partial charge < -0.3 is 14.8 Å². The summed E-state index contributed by atoms with van der Waals surface area (Å²) in [5.41, 5.74) is 1.14. The fraction of sp³-hybridized carbons (Fsp3) is 0.600. The van der Waals surface area contributed by atoms with Gasteiger partial charge in [0.2, 0.25) is 0 Å². The van der Waals surface area contributed by atoms with E-state index in [0.29, 0.717) is 13.2 Å². The van der Waals surface area contributed by atoms with Gasteiger partial charge in [0, 0.05) is 4.47 Å². The van der Waals surface area contributed by atoms with Crippen molar-refractivity contribution >= 4 is 15.9 Å². The van der Waals surface area contributed by atoms with E-state index in [4.69, 9.17) is 9.47 Å². The second-order valence-electron chi connectivity index (χ2n) is 4.59. The monoisotopic (exact) mass is 330 g/mol. The maximum Gasteiger partial charge on any atom is 0.122 e. The molecule has 108 valence electrons. The second kappa shape index (κ2) is 10.2. The van der Waals surface area contributed by atoms with E-state index in [0.717, 1.165) is 28.9 Å². The maximum atomic E-state index is 5.68. The fourth-order valence-corrected chi connectivity index (χ4v) is 2.22. The maximum absolute atomic E-state index is 5.68. The number of ether oxygens (including phenoxy) is 2. The number of hydrogen-bond acceptors (Lipinski definition) is 2. The van der Waals surface area contributed by atoms with Gasteiger partial charge >= 0.3 is 0 Å². The Morgan fingerprint density at radius 2 is 2.00 bits per heavy atom. The molecule has 0 saturated carbocycles. The van der Waals surface area contributed by atoms with Crippen molar-refractivity contribution in [3.63, 3.8) is 0 Å². The highest BCUT2D eigenvalue weighted by molar-refractivity contribution is 9.10. The van der Waals surface area contributed by atoms with E-state index in [1.807, 2.05) is 19.1 Å². The molecule has 0 atom stereocenters. The first-order valence-electron chi connectivity index (χ1n) is 7.02. The zero-order chi connectivity index (χ0) is 13.9. The van der Waals surface area contributed by atoms with Crippen LogP contribution in [0.2, 0.25) is 0 Å². The first kappa shape index (κ1) is 16.5. The number of halogens is 1. The van der Waals surface area contributed by atoms with Crippen molar-refractivity contribution in [1.29, 1.82) is 0 Å². The Morgan fingerprint density at radius 3 is 2.74 bits per heavy atom. The SMILES string of the molecule is CCCC[NH2+]CCOCCOc1ccc(Br)cc1C. The summed E-state index contributed by atoms with van der Waals surface area (Å²) >= 11 is 3.44. The molecule has 0 bridgehead atoms. The molecule has 0 heterocycles. The molecule has 0 amide bonds. The summed E-state index contributed by atoms with van der Waals surface area (Å²) in [5, 5.41) is 2.31. The number of quaternary nitrogens is 1. The lowest BCUT2D eigenvalue weighted by atomic mass is 10.2. The quantitative estimate of drug-likeness (QED) is 0.669. The molecule has 0 fully saturated rings. The summed E-state index contributed by atoms with van der Waals surface area (Å²) < 4.78 is 12.3. The summed E-state index contributed by atoms with van der Waals surface area (Å²) in [6, 6.07) is 6.03. The fourth-order valence-electron chi connectivity index (χ4n) is 1.75. The summed E-state index contributed by atoms with van der Waals surface area (Å²) in [5.74, 6) is 0.932. The molecule has 0 radical (unpaired) electrons. The van der Waals surface area contributed by atoms with Gasteiger partial charge in [-0.3, -0.25) is 0 Å². The van der Waals surface area contributed by atoms with Crippen LogP contribution in [0.15, 0.2) is 22.7 Å². The van der Waals surface area contributed by atoms with Gasteiger partial charge in [0.1, 0.15) is 12.4 Å². The first-order chi connectivity index (χ1) is 9.24. The van der Waals surface area contributed by atoms with Crippen LogP contribution in [0.25, 0.3) is 0 Å². The molecule has 0 saturated heterocycles. The van der Waals surface area contributed by atoms with E-state index in [1.165, 1.54) is 19.4 Å². The van der Waals surface area contributed by atoms with Crippen LogP contribution in [-0.2, 0) is 4.74 Å². The number of hydrogen-bond donors (Lipinski definition) is 1. The van der Waals surface area contributed by atoms with Gasteiger partial charge in [-0.25, -0.2) is 0 Å². The molecular formula is C15H25BrNO2+. The Bertz CT molecular complexity index is 358. The minimum atomic E-state index is 0.609. The summed E-state index contributed by atoms with van der Waals surface area (Å²) in [6.45, 7) is 8.56. The van der Waals surface area contributed by atoms with Crippen LogP contribution in [-0.4, -0.2) is 32.9 Å². The summed E-state index contributed by atoms with van der Waals surface area (Å²) in [7, 11) is 0. The van der Waals surface area contributed by atoms with E-state index in [1.54, 1.807) is 0 Å². The molecule has 1 aromatic rings. The lowest BCUT2D eigenvalue weighted by Crippen LogP contribution is -2.85. The summed E-state index contributed by atoms with van der Waals surface area (Å²) in [6.07, 6.45) is 2.55. The molecule has 0 aromatic heterocycles. The molecule has 19 heavy (non-hydrogen) atoms. The molecule has 3 nitrogen and oxygen atoms in total. The Morgan fingerprint density at radius 1 is 1.16 bits per heavy atom. The molecule has 0 aliphatic carbocycles. The highest BCUT2D eigenvalue weighted by Gasteiger charge is 2.00. The third-order valence-electron chi connectivity index (χ3n) is 2.85. The highest BCUT2D eigenvalue weighted by Crippen LogP contribution is 2.21. The largest absolute Gasteiger partial charge is 0.491 e. The van der Waals surface area contributed by atoms with Crippen LogP contribution in [0.5, 0.6) is 5.75 Å². The highest BCUT2D eigenvalue weighted by atomic mass is 79.9. The van der Waals surface area contributed by atoms with E-state index in [-0.39, 0.29) is 0 Å². The molecule has 0 aliphatic heterocycles. The van der Waals surface area contributed by atoms with Gasteiger partial charge in [-0.2, -0.15) is 0 Å². The van der Waals surface area contributed by atoms with Crippen molar-refractivity contribution in [3.05, 3.63) is 28.2 Å². The van der Waals surface area contributed by atoms with Crippen molar-refractivity contribution in [2.24, 2.45) is 0 Å². The number of benzene rings is 1. The lowest BCUT2D eigenvalue weighted by Gasteiger charge is -2.09. The van der Waals surface area contributed by atoms with Crippen molar-refractivity contribution in [1.82, 2.24) is 0 Å². The smallest absolute Gasteiger partial charge is 0.122 e. The van der Waals surface area contributed by atoms with Crippen LogP contribution >= 0.6 is 15.9 Å². The third-order valence-corrected chi connectivity index (χ3v) is 3.34. The average Bonchev–Trinajstić information content (AvgIpc) is 2.39. The second-order valence-corrected chi connectivity index (χ2v) is 5.51. The van der Waals surface area contributed by atoms with Crippen molar-refractivity contribution < 1.29 is 14.8 Å². The Kier molecular flexibility index (Phi) is 8.88. The van der Waals surface area contributed by atoms with Gasteiger partial charge in [0.15, 0.2) is 0 Å². The average molecular weight is 331 g/mol. The molecule has 0 spiro atoms. The predicted molar refractivity (Wildman–Crippen MR) is 81.8 cm³/mol. The number of nitrogens with two attached hydrogens (primary N) is 1. The normalized spacial score (nSPS) is 10.7. The molecule has 1 rings (SSSR count). The molecule has 4 heteroatoms. The predicted octanol–water partition coefficient (Wildman–Crippen LogP) is 2.52. The van der Waals surface area contributed by atoms with Gasteiger partial charge in [-0.1, -0.05) is 29.3 Å². The molecule has 2 N–H and O–H groups in total. The van der Waals surface area contributed by atoms with Crippen LogP contribution in [0, 0.1) is 6.92 Å². The minimum absolute atomic E-state index is 0.609. The third kappa shape index (κ3) is 7.55.